The highest BCUT2D eigenvalue weighted by Gasteiger charge is 2.23. The maximum Gasteiger partial charge on any atom is 0.246 e. The molecule has 6 nitrogen and oxygen atoms in total. The smallest absolute Gasteiger partial charge is 0.246 e. The third-order valence-corrected chi connectivity index (χ3v) is 6.34. The number of para-hydroxylation sites is 1. The second kappa shape index (κ2) is 6.99. The fourth-order valence-corrected chi connectivity index (χ4v) is 4.24. The van der Waals surface area contributed by atoms with E-state index in [0.29, 0.717) is 23.2 Å². The molecule has 1 aromatic heterocycles. The zero-order chi connectivity index (χ0) is 18.0. The number of nitrogens with zero attached hydrogens (tertiary/aromatic N) is 2. The van der Waals surface area contributed by atoms with Gasteiger partial charge in [-0.05, 0) is 37.3 Å². The Morgan fingerprint density at radius 1 is 1.20 bits per heavy atom. The lowest BCUT2D eigenvalue weighted by Gasteiger charge is -2.16. The molecule has 2 aromatic carbocycles. The molecule has 1 heterocycles. The maximum atomic E-state index is 12.6. The number of anilines is 2. The van der Waals surface area contributed by atoms with Gasteiger partial charge in [-0.15, -0.1) is 0 Å². The van der Waals surface area contributed by atoms with Gasteiger partial charge in [-0.1, -0.05) is 23.5 Å². The van der Waals surface area contributed by atoms with Crippen LogP contribution in [-0.4, -0.2) is 38.4 Å². The summed E-state index contributed by atoms with van der Waals surface area (Å²) in [5.74, 6) is 0.339. The number of aromatic nitrogens is 1. The van der Waals surface area contributed by atoms with Crippen molar-refractivity contribution in [1.82, 2.24) is 9.29 Å². The Morgan fingerprint density at radius 2 is 1.96 bits per heavy atom. The molecule has 132 valence electrons. The van der Waals surface area contributed by atoms with Crippen LogP contribution in [0.1, 0.15) is 6.92 Å². The molecule has 0 unspecified atom stereocenters. The minimum atomic E-state index is -3.62. The average molecular weight is 377 g/mol. The van der Waals surface area contributed by atoms with Gasteiger partial charge < -0.3 is 10.1 Å². The fraction of sp³-hybridized carbons (Fsp3) is 0.235. The van der Waals surface area contributed by atoms with E-state index in [1.807, 2.05) is 31.2 Å². The number of nitrogens with one attached hydrogen (secondary N) is 1. The summed E-state index contributed by atoms with van der Waals surface area (Å²) >= 11 is 1.51. The van der Waals surface area contributed by atoms with E-state index in [9.17, 15) is 8.42 Å². The molecule has 0 radical (unpaired) electrons. The highest BCUT2D eigenvalue weighted by atomic mass is 32.2. The van der Waals surface area contributed by atoms with Crippen molar-refractivity contribution in [1.29, 1.82) is 0 Å². The normalized spacial score (nSPS) is 11.8. The quantitative estimate of drug-likeness (QED) is 0.709. The van der Waals surface area contributed by atoms with E-state index < -0.39 is 10.0 Å². The Labute approximate surface area is 151 Å². The number of rotatable bonds is 6. The number of benzene rings is 2. The van der Waals surface area contributed by atoms with Crippen LogP contribution in [0.3, 0.4) is 0 Å². The van der Waals surface area contributed by atoms with Crippen molar-refractivity contribution >= 4 is 42.4 Å². The molecule has 0 atom stereocenters. The van der Waals surface area contributed by atoms with Crippen LogP contribution in [0.2, 0.25) is 0 Å². The molecule has 8 heteroatoms. The lowest BCUT2D eigenvalue weighted by molar-refractivity contribution is 0.330. The standard InChI is InChI=1S/C17H19N3O3S2/c1-4-23-14-10-9-12(11-16(14)25(21,22)20(2)3)18-17-19-13-7-5-6-8-15(13)24-17/h5-11H,4H2,1-3H3,(H,18,19). The molecule has 0 amide bonds. The second-order valence-electron chi connectivity index (χ2n) is 5.49. The van der Waals surface area contributed by atoms with E-state index in [0.717, 1.165) is 10.2 Å². The lowest BCUT2D eigenvalue weighted by Crippen LogP contribution is -2.23. The molecular formula is C17H19N3O3S2. The Kier molecular flexibility index (Phi) is 4.94. The highest BCUT2D eigenvalue weighted by molar-refractivity contribution is 7.89. The Bertz CT molecular complexity index is 964. The molecule has 0 fully saturated rings. The van der Waals surface area contributed by atoms with Crippen LogP contribution in [0, 0.1) is 0 Å². The SMILES string of the molecule is CCOc1ccc(Nc2nc3ccccc3s2)cc1S(=O)(=O)N(C)C. The van der Waals surface area contributed by atoms with E-state index in [1.54, 1.807) is 18.2 Å². The third kappa shape index (κ3) is 3.60. The summed E-state index contributed by atoms with van der Waals surface area (Å²) in [6, 6.07) is 12.9. The summed E-state index contributed by atoms with van der Waals surface area (Å²) in [5.41, 5.74) is 1.55. The van der Waals surface area contributed by atoms with Crippen molar-refractivity contribution in [3.05, 3.63) is 42.5 Å². The van der Waals surface area contributed by atoms with E-state index >= 15 is 0 Å². The predicted octanol–water partition coefficient (Wildman–Crippen LogP) is 3.69. The first-order chi connectivity index (χ1) is 11.9. The first kappa shape index (κ1) is 17.7. The molecule has 0 aliphatic heterocycles. The van der Waals surface area contributed by atoms with Gasteiger partial charge in [-0.25, -0.2) is 17.7 Å². The molecule has 1 N–H and O–H groups in total. The van der Waals surface area contributed by atoms with E-state index in [4.69, 9.17) is 4.74 Å². The summed E-state index contributed by atoms with van der Waals surface area (Å²) in [6.45, 7) is 2.21. The van der Waals surface area contributed by atoms with Crippen molar-refractivity contribution in [2.24, 2.45) is 0 Å². The average Bonchev–Trinajstić information content (AvgIpc) is 2.98. The lowest BCUT2D eigenvalue weighted by atomic mass is 10.3. The number of thiazole rings is 1. The van der Waals surface area contributed by atoms with Gasteiger partial charge in [0.25, 0.3) is 0 Å². The van der Waals surface area contributed by atoms with Gasteiger partial charge in [-0.2, -0.15) is 0 Å². The predicted molar refractivity (Wildman–Crippen MR) is 101 cm³/mol. The Morgan fingerprint density at radius 3 is 2.64 bits per heavy atom. The number of sulfonamides is 1. The van der Waals surface area contributed by atoms with Crippen LogP contribution in [0.4, 0.5) is 10.8 Å². The molecule has 0 saturated carbocycles. The Balaban J connectivity index is 1.99. The highest BCUT2D eigenvalue weighted by Crippen LogP contribution is 2.32. The molecule has 3 rings (SSSR count). The van der Waals surface area contributed by atoms with Gasteiger partial charge in [0, 0.05) is 19.8 Å². The molecule has 0 aliphatic rings. The van der Waals surface area contributed by atoms with Crippen LogP contribution in [0.5, 0.6) is 5.75 Å². The zero-order valence-electron chi connectivity index (χ0n) is 14.2. The van der Waals surface area contributed by atoms with E-state index in [1.165, 1.54) is 29.7 Å². The molecule has 0 aliphatic carbocycles. The van der Waals surface area contributed by atoms with Gasteiger partial charge in [0.1, 0.15) is 10.6 Å². The maximum absolute atomic E-state index is 12.6. The van der Waals surface area contributed by atoms with Gasteiger partial charge in [0.05, 0.1) is 16.8 Å². The van der Waals surface area contributed by atoms with Crippen LogP contribution in [-0.2, 0) is 10.0 Å². The summed E-state index contributed by atoms with van der Waals surface area (Å²) in [5, 5.41) is 3.89. The van der Waals surface area contributed by atoms with E-state index in [-0.39, 0.29) is 4.90 Å². The summed E-state index contributed by atoms with van der Waals surface area (Å²) < 4.78 is 32.9. The molecule has 3 aromatic rings. The largest absolute Gasteiger partial charge is 0.492 e. The van der Waals surface area contributed by atoms with Gasteiger partial charge >= 0.3 is 0 Å². The first-order valence-corrected chi connectivity index (χ1v) is 9.99. The van der Waals surface area contributed by atoms with Gasteiger partial charge in [-0.3, -0.25) is 0 Å². The summed E-state index contributed by atoms with van der Waals surface area (Å²) in [4.78, 5) is 4.64. The second-order valence-corrected chi connectivity index (χ2v) is 8.64. The van der Waals surface area contributed by atoms with Crippen molar-refractivity contribution in [3.63, 3.8) is 0 Å². The summed E-state index contributed by atoms with van der Waals surface area (Å²) in [7, 11) is -0.620. The minimum absolute atomic E-state index is 0.130. The Hall–Kier alpha value is -2.16. The summed E-state index contributed by atoms with van der Waals surface area (Å²) in [6.07, 6.45) is 0. The van der Waals surface area contributed by atoms with Crippen LogP contribution < -0.4 is 10.1 Å². The van der Waals surface area contributed by atoms with Crippen LogP contribution in [0.15, 0.2) is 47.4 Å². The molecule has 0 bridgehead atoms. The topological polar surface area (TPSA) is 71.5 Å². The number of hydrogen-bond donors (Lipinski definition) is 1. The zero-order valence-corrected chi connectivity index (χ0v) is 15.8. The fourth-order valence-electron chi connectivity index (χ4n) is 2.31. The first-order valence-electron chi connectivity index (χ1n) is 7.74. The van der Waals surface area contributed by atoms with Crippen molar-refractivity contribution in [3.8, 4) is 5.75 Å². The van der Waals surface area contributed by atoms with Crippen molar-refractivity contribution in [2.45, 2.75) is 11.8 Å². The molecular weight excluding hydrogens is 358 g/mol. The van der Waals surface area contributed by atoms with Crippen LogP contribution in [0.25, 0.3) is 10.2 Å². The van der Waals surface area contributed by atoms with Crippen molar-refractivity contribution < 1.29 is 13.2 Å². The molecule has 0 spiro atoms. The minimum Gasteiger partial charge on any atom is -0.492 e. The number of fused-ring (bicyclic) bond motifs is 1. The monoisotopic (exact) mass is 377 g/mol. The van der Waals surface area contributed by atoms with Gasteiger partial charge in [0.15, 0.2) is 5.13 Å². The van der Waals surface area contributed by atoms with Gasteiger partial charge in [0.2, 0.25) is 10.0 Å². The third-order valence-electron chi connectivity index (χ3n) is 3.55. The number of ether oxygens (including phenoxy) is 1. The van der Waals surface area contributed by atoms with Crippen LogP contribution >= 0.6 is 11.3 Å². The van der Waals surface area contributed by atoms with E-state index in [2.05, 4.69) is 10.3 Å². The number of hydrogen-bond acceptors (Lipinski definition) is 6. The molecule has 0 saturated heterocycles. The molecule has 25 heavy (non-hydrogen) atoms. The van der Waals surface area contributed by atoms with Crippen molar-refractivity contribution in [2.75, 3.05) is 26.0 Å².